The number of ether oxygens (including phenoxy) is 1. The molecule has 0 bridgehead atoms. The van der Waals surface area contributed by atoms with Crippen LogP contribution in [0.4, 0.5) is 0 Å². The fourth-order valence-electron chi connectivity index (χ4n) is 2.88. The van der Waals surface area contributed by atoms with Gasteiger partial charge in [-0.3, -0.25) is 4.99 Å². The van der Waals surface area contributed by atoms with Crippen molar-refractivity contribution >= 4 is 15.8 Å². The molecule has 0 radical (unpaired) electrons. The molecule has 1 saturated carbocycles. The van der Waals surface area contributed by atoms with Gasteiger partial charge in [-0.1, -0.05) is 12.8 Å². The highest BCUT2D eigenvalue weighted by Gasteiger charge is 2.28. The van der Waals surface area contributed by atoms with Gasteiger partial charge in [0.05, 0.1) is 17.6 Å². The summed E-state index contributed by atoms with van der Waals surface area (Å²) in [5, 5.41) is 6.39. The number of hydrogen-bond donors (Lipinski definition) is 2. The Bertz CT molecular complexity index is 444. The van der Waals surface area contributed by atoms with Crippen molar-refractivity contribution in [3.63, 3.8) is 0 Å². The highest BCUT2D eigenvalue weighted by atomic mass is 32.2. The summed E-state index contributed by atoms with van der Waals surface area (Å²) in [6.45, 7) is 1.55. The number of sulfone groups is 1. The van der Waals surface area contributed by atoms with Crippen LogP contribution in [-0.4, -0.2) is 58.2 Å². The van der Waals surface area contributed by atoms with Gasteiger partial charge in [-0.05, 0) is 25.7 Å². The maximum Gasteiger partial charge on any atom is 0.191 e. The van der Waals surface area contributed by atoms with Crippen molar-refractivity contribution in [2.45, 2.75) is 50.7 Å². The van der Waals surface area contributed by atoms with Crippen LogP contribution >= 0.6 is 0 Å². The van der Waals surface area contributed by atoms with Crippen LogP contribution in [0.2, 0.25) is 0 Å². The molecular formula is C14H27N3O3S. The average molecular weight is 317 g/mol. The van der Waals surface area contributed by atoms with Gasteiger partial charge < -0.3 is 15.4 Å². The minimum atomic E-state index is -2.85. The van der Waals surface area contributed by atoms with E-state index in [4.69, 9.17) is 4.74 Å². The predicted molar refractivity (Wildman–Crippen MR) is 84.4 cm³/mol. The van der Waals surface area contributed by atoms with Crippen LogP contribution in [0.25, 0.3) is 0 Å². The summed E-state index contributed by atoms with van der Waals surface area (Å²) in [7, 11) is -1.15. The maximum atomic E-state index is 11.4. The highest BCUT2D eigenvalue weighted by molar-refractivity contribution is 7.91. The molecule has 0 amide bonds. The van der Waals surface area contributed by atoms with Crippen LogP contribution in [0, 0.1) is 0 Å². The third-order valence-corrected chi connectivity index (χ3v) is 5.83. The largest absolute Gasteiger partial charge is 0.378 e. The van der Waals surface area contributed by atoms with Crippen molar-refractivity contribution in [2.24, 2.45) is 4.99 Å². The van der Waals surface area contributed by atoms with E-state index in [1.807, 2.05) is 0 Å². The monoisotopic (exact) mass is 317 g/mol. The summed E-state index contributed by atoms with van der Waals surface area (Å²) in [6.07, 6.45) is 7.05. The summed E-state index contributed by atoms with van der Waals surface area (Å²) >= 11 is 0. The molecule has 1 saturated heterocycles. The fraction of sp³-hybridized carbons (Fsp3) is 0.929. The van der Waals surface area contributed by atoms with Gasteiger partial charge in [0.1, 0.15) is 0 Å². The van der Waals surface area contributed by atoms with E-state index in [0.717, 1.165) is 19.6 Å². The third-order valence-electron chi connectivity index (χ3n) is 4.07. The number of nitrogens with one attached hydrogen (secondary N) is 2. The molecule has 1 unspecified atom stereocenters. The highest BCUT2D eigenvalue weighted by Crippen LogP contribution is 2.20. The van der Waals surface area contributed by atoms with E-state index in [1.54, 1.807) is 7.05 Å². The molecule has 6 nitrogen and oxygen atoms in total. The van der Waals surface area contributed by atoms with Gasteiger partial charge >= 0.3 is 0 Å². The second-order valence-electron chi connectivity index (χ2n) is 5.87. The number of nitrogens with zero attached hydrogens (tertiary/aromatic N) is 1. The first kappa shape index (κ1) is 16.5. The van der Waals surface area contributed by atoms with Gasteiger partial charge in [0.25, 0.3) is 0 Å². The van der Waals surface area contributed by atoms with E-state index in [-0.39, 0.29) is 17.5 Å². The van der Waals surface area contributed by atoms with Gasteiger partial charge in [-0.15, -0.1) is 0 Å². The van der Waals surface area contributed by atoms with E-state index >= 15 is 0 Å². The van der Waals surface area contributed by atoms with Crippen molar-refractivity contribution in [3.8, 4) is 0 Å². The minimum Gasteiger partial charge on any atom is -0.378 e. The van der Waals surface area contributed by atoms with Crippen LogP contribution in [-0.2, 0) is 14.6 Å². The molecule has 21 heavy (non-hydrogen) atoms. The number of hydrogen-bond acceptors (Lipinski definition) is 4. The Kier molecular flexibility index (Phi) is 6.29. The molecule has 7 heteroatoms. The molecule has 2 N–H and O–H groups in total. The second kappa shape index (κ2) is 7.98. The van der Waals surface area contributed by atoms with E-state index in [1.165, 1.54) is 25.7 Å². The maximum absolute atomic E-state index is 11.4. The Morgan fingerprint density at radius 3 is 2.67 bits per heavy atom. The lowest BCUT2D eigenvalue weighted by atomic mass is 10.3. The molecule has 1 heterocycles. The first-order chi connectivity index (χ1) is 10.1. The van der Waals surface area contributed by atoms with Gasteiger partial charge in [0.2, 0.25) is 0 Å². The smallest absolute Gasteiger partial charge is 0.191 e. The number of rotatable bonds is 6. The molecule has 2 aliphatic rings. The first-order valence-electron chi connectivity index (χ1n) is 7.88. The third kappa shape index (κ3) is 5.82. The average Bonchev–Trinajstić information content (AvgIpc) is 3.06. The first-order valence-corrected chi connectivity index (χ1v) is 9.70. The van der Waals surface area contributed by atoms with Crippen LogP contribution in [0.1, 0.15) is 38.5 Å². The minimum absolute atomic E-state index is 0.0176. The van der Waals surface area contributed by atoms with Crippen molar-refractivity contribution in [3.05, 3.63) is 0 Å². The zero-order chi connectivity index (χ0) is 15.1. The second-order valence-corrected chi connectivity index (χ2v) is 8.10. The lowest BCUT2D eigenvalue weighted by Crippen LogP contribution is -2.44. The topological polar surface area (TPSA) is 79.8 Å². The lowest BCUT2D eigenvalue weighted by Gasteiger charge is -2.16. The van der Waals surface area contributed by atoms with Crippen LogP contribution in [0.3, 0.4) is 0 Å². The fourth-order valence-corrected chi connectivity index (χ4v) is 4.55. The summed E-state index contributed by atoms with van der Waals surface area (Å²) in [4.78, 5) is 4.13. The van der Waals surface area contributed by atoms with Crippen molar-refractivity contribution in [1.82, 2.24) is 10.6 Å². The number of guanidine groups is 1. The molecule has 2 rings (SSSR count). The summed E-state index contributed by atoms with van der Waals surface area (Å²) in [5.74, 6) is 1.16. The zero-order valence-corrected chi connectivity index (χ0v) is 13.6. The van der Waals surface area contributed by atoms with Gasteiger partial charge in [0.15, 0.2) is 15.8 Å². The molecule has 0 aromatic heterocycles. The van der Waals surface area contributed by atoms with Gasteiger partial charge in [-0.25, -0.2) is 8.42 Å². The molecule has 0 aromatic rings. The SMILES string of the molecule is CN=C(NCCCOC1CCCC1)NC1CCS(=O)(=O)C1. The molecule has 0 spiro atoms. The molecular weight excluding hydrogens is 290 g/mol. The Balaban J connectivity index is 1.57. The van der Waals surface area contributed by atoms with Crippen molar-refractivity contribution in [2.75, 3.05) is 31.7 Å². The van der Waals surface area contributed by atoms with E-state index in [2.05, 4.69) is 15.6 Å². The van der Waals surface area contributed by atoms with Gasteiger partial charge in [0, 0.05) is 26.2 Å². The molecule has 2 fully saturated rings. The predicted octanol–water partition coefficient (Wildman–Crippen LogP) is 0.688. The van der Waals surface area contributed by atoms with E-state index < -0.39 is 9.84 Å². The molecule has 122 valence electrons. The summed E-state index contributed by atoms with van der Waals surface area (Å²) in [6, 6.07) is -0.0176. The molecule has 0 aromatic carbocycles. The van der Waals surface area contributed by atoms with E-state index in [0.29, 0.717) is 18.5 Å². The standard InChI is InChI=1S/C14H27N3O3S/c1-15-14(17-12-7-10-21(18,19)11-12)16-8-4-9-20-13-5-2-3-6-13/h12-13H,2-11H2,1H3,(H2,15,16,17). The van der Waals surface area contributed by atoms with Crippen LogP contribution in [0.15, 0.2) is 4.99 Å². The molecule has 1 atom stereocenters. The summed E-state index contributed by atoms with van der Waals surface area (Å²) in [5.41, 5.74) is 0. The Hall–Kier alpha value is -0.820. The lowest BCUT2D eigenvalue weighted by molar-refractivity contribution is 0.0574. The Morgan fingerprint density at radius 2 is 2.05 bits per heavy atom. The normalized spacial score (nSPS) is 26.1. The van der Waals surface area contributed by atoms with Crippen LogP contribution < -0.4 is 10.6 Å². The Morgan fingerprint density at radius 1 is 1.29 bits per heavy atom. The van der Waals surface area contributed by atoms with Gasteiger partial charge in [-0.2, -0.15) is 0 Å². The van der Waals surface area contributed by atoms with Crippen LogP contribution in [0.5, 0.6) is 0 Å². The quantitative estimate of drug-likeness (QED) is 0.428. The molecule has 1 aliphatic carbocycles. The zero-order valence-electron chi connectivity index (χ0n) is 12.8. The van der Waals surface area contributed by atoms with Crippen molar-refractivity contribution < 1.29 is 13.2 Å². The number of aliphatic imine (C=N–C) groups is 1. The Labute approximate surface area is 127 Å². The van der Waals surface area contributed by atoms with Crippen molar-refractivity contribution in [1.29, 1.82) is 0 Å². The summed E-state index contributed by atoms with van der Waals surface area (Å²) < 4.78 is 28.6. The molecule has 1 aliphatic heterocycles. The van der Waals surface area contributed by atoms with E-state index in [9.17, 15) is 8.42 Å².